The summed E-state index contributed by atoms with van der Waals surface area (Å²) in [6.45, 7) is 0.990. The number of hydrogen-bond acceptors (Lipinski definition) is 15. The number of phosphoric acid groups is 1. The minimum Gasteiger partial charge on any atom is -0.387 e. The number of nitrogens with one attached hydrogen (secondary N) is 2. The zero-order valence-corrected chi connectivity index (χ0v) is 26.2. The average Bonchev–Trinajstić information content (AvgIpc) is 3.55. The number of hydroxylamine groups is 2. The lowest BCUT2D eigenvalue weighted by Crippen LogP contribution is -2.34. The second kappa shape index (κ2) is 16.6. The highest BCUT2D eigenvalue weighted by Crippen LogP contribution is 2.48. The first-order valence-corrected chi connectivity index (χ1v) is 16.1. The number of ether oxygens (including phenoxy) is 3. The fraction of sp³-hybridized carbons (Fsp3) is 0.393. The Kier molecular flexibility index (Phi) is 12.4. The molecule has 5 rings (SSSR count). The number of rotatable bonds is 18. The molecule has 4 aromatic rings. The van der Waals surface area contributed by atoms with Gasteiger partial charge in [0.2, 0.25) is 5.28 Å². The molecule has 4 atom stereocenters. The van der Waals surface area contributed by atoms with E-state index in [1.54, 1.807) is 0 Å². The Hall–Kier alpha value is -3.09. The van der Waals surface area contributed by atoms with Crippen molar-refractivity contribution in [2.24, 2.45) is 0 Å². The Labute approximate surface area is 269 Å². The number of hydrogen-bond donors (Lipinski definition) is 5. The van der Waals surface area contributed by atoms with E-state index in [1.165, 1.54) is 10.9 Å². The predicted octanol–water partition coefficient (Wildman–Crippen LogP) is 2.28. The molecule has 0 unspecified atom stereocenters. The monoisotopic (exact) mass is 679 g/mol. The Morgan fingerprint density at radius 2 is 1.50 bits per heavy atom. The number of aliphatic hydroxyl groups excluding tert-OH is 2. The number of fused-ring (bicyclic) bond motifs is 1. The molecule has 2 aromatic heterocycles. The number of nitrogen functional groups attached to an aromatic ring is 1. The summed E-state index contributed by atoms with van der Waals surface area (Å²) in [5, 5.41) is 21.4. The highest BCUT2D eigenvalue weighted by Gasteiger charge is 2.46. The first-order chi connectivity index (χ1) is 22.3. The van der Waals surface area contributed by atoms with Gasteiger partial charge in [-0.05, 0) is 22.7 Å². The first kappa shape index (κ1) is 34.3. The molecule has 1 saturated heterocycles. The third kappa shape index (κ3) is 9.04. The zero-order valence-electron chi connectivity index (χ0n) is 24.6. The van der Waals surface area contributed by atoms with Gasteiger partial charge in [-0.25, -0.2) is 19.5 Å². The van der Waals surface area contributed by atoms with Crippen LogP contribution in [0.3, 0.4) is 0 Å². The van der Waals surface area contributed by atoms with E-state index < -0.39 is 39.0 Å². The summed E-state index contributed by atoms with van der Waals surface area (Å²) in [5.74, 6) is 0.0738. The van der Waals surface area contributed by atoms with Crippen LogP contribution in [0.15, 0.2) is 67.0 Å². The van der Waals surface area contributed by atoms with Gasteiger partial charge in [-0.1, -0.05) is 60.7 Å². The molecule has 0 spiro atoms. The minimum atomic E-state index is -4.35. The van der Waals surface area contributed by atoms with Crippen LogP contribution in [0, 0.1) is 0 Å². The lowest BCUT2D eigenvalue weighted by molar-refractivity contribution is -0.0577. The summed E-state index contributed by atoms with van der Waals surface area (Å²) in [6, 6.07) is 19.2. The Morgan fingerprint density at radius 3 is 2.09 bits per heavy atom. The van der Waals surface area contributed by atoms with Crippen molar-refractivity contribution in [3.63, 3.8) is 0 Å². The number of nitrogens with two attached hydrogens (primary N) is 1. The molecule has 16 nitrogen and oxygen atoms in total. The van der Waals surface area contributed by atoms with E-state index in [2.05, 4.69) is 25.9 Å². The average molecular weight is 680 g/mol. The highest BCUT2D eigenvalue weighted by molar-refractivity contribution is 7.48. The second-order valence-electron chi connectivity index (χ2n) is 10.0. The molecule has 1 aliphatic heterocycles. The molecule has 0 aliphatic carbocycles. The van der Waals surface area contributed by atoms with Crippen molar-refractivity contribution in [1.29, 1.82) is 0 Å². The van der Waals surface area contributed by atoms with Crippen LogP contribution in [0.1, 0.15) is 17.4 Å². The number of anilines is 1. The van der Waals surface area contributed by atoms with Crippen molar-refractivity contribution >= 4 is 36.4 Å². The fourth-order valence-corrected chi connectivity index (χ4v) is 5.68. The Balaban J connectivity index is 1.15. The smallest absolute Gasteiger partial charge is 0.387 e. The van der Waals surface area contributed by atoms with Gasteiger partial charge in [0, 0.05) is 13.1 Å². The van der Waals surface area contributed by atoms with Gasteiger partial charge in [-0.15, -0.1) is 0 Å². The summed E-state index contributed by atoms with van der Waals surface area (Å²) in [4.78, 5) is 12.1. The lowest BCUT2D eigenvalue weighted by atomic mass is 10.1. The molecule has 18 heteroatoms. The van der Waals surface area contributed by atoms with Crippen molar-refractivity contribution in [3.05, 3.63) is 83.4 Å². The molecule has 248 valence electrons. The number of benzene rings is 2. The summed E-state index contributed by atoms with van der Waals surface area (Å²) in [7, 11) is -4.35. The van der Waals surface area contributed by atoms with Crippen LogP contribution in [-0.4, -0.2) is 81.0 Å². The molecule has 1 aliphatic rings. The lowest BCUT2D eigenvalue weighted by Gasteiger charge is -2.21. The third-order valence-electron chi connectivity index (χ3n) is 6.72. The standard InChI is InChI=1S/C28H35ClN7O9P/c29-28-35-22-25(30)31-18-32-26(22)36(28)27-24(38)23(37)21(43-27)17-42-46(39,44-33-11-13-40-15-19-7-3-1-4-8-19)45-34-12-14-41-16-20-9-5-2-6-10-20/h1-10,18,21,23-24,27,33-34,37-38H,11-17H2,(H2,30,31,32)/t21-,23-,24-,27-/m1/s1. The number of halogens is 1. The normalized spacial score (nSPS) is 20.1. The van der Waals surface area contributed by atoms with Crippen LogP contribution < -0.4 is 16.7 Å². The molecule has 6 N–H and O–H groups in total. The van der Waals surface area contributed by atoms with Crippen molar-refractivity contribution in [1.82, 2.24) is 30.5 Å². The van der Waals surface area contributed by atoms with Crippen LogP contribution in [0.5, 0.6) is 0 Å². The first-order valence-electron chi connectivity index (χ1n) is 14.3. The van der Waals surface area contributed by atoms with E-state index in [4.69, 9.17) is 45.3 Å². The van der Waals surface area contributed by atoms with Gasteiger partial charge >= 0.3 is 7.82 Å². The van der Waals surface area contributed by atoms with E-state index in [-0.39, 0.29) is 48.6 Å². The van der Waals surface area contributed by atoms with Crippen LogP contribution in [0.2, 0.25) is 5.28 Å². The Bertz CT molecular complexity index is 1520. The Morgan fingerprint density at radius 1 is 0.913 bits per heavy atom. The second-order valence-corrected chi connectivity index (χ2v) is 11.9. The van der Waals surface area contributed by atoms with Crippen LogP contribution in [0.4, 0.5) is 5.82 Å². The summed E-state index contributed by atoms with van der Waals surface area (Å²) >= 11 is 6.29. The fourth-order valence-electron chi connectivity index (χ4n) is 4.45. The van der Waals surface area contributed by atoms with Gasteiger partial charge in [0.1, 0.15) is 24.6 Å². The maximum atomic E-state index is 13.5. The van der Waals surface area contributed by atoms with Gasteiger partial charge in [0.05, 0.1) is 33.0 Å². The molecule has 3 heterocycles. The number of nitrogens with zero attached hydrogens (tertiary/aromatic N) is 4. The van der Waals surface area contributed by atoms with E-state index >= 15 is 0 Å². The molecule has 1 fully saturated rings. The minimum absolute atomic E-state index is 0.0738. The predicted molar refractivity (Wildman–Crippen MR) is 165 cm³/mol. The number of imidazole rings is 1. The van der Waals surface area contributed by atoms with Crippen LogP contribution in [0.25, 0.3) is 11.2 Å². The van der Waals surface area contributed by atoms with E-state index in [0.717, 1.165) is 11.1 Å². The third-order valence-corrected chi connectivity index (χ3v) is 8.16. The van der Waals surface area contributed by atoms with E-state index in [9.17, 15) is 14.8 Å². The molecule has 0 bridgehead atoms. The molecule has 0 saturated carbocycles. The zero-order chi connectivity index (χ0) is 32.4. The molecular formula is C28H35ClN7O9P. The van der Waals surface area contributed by atoms with Crippen LogP contribution >= 0.6 is 19.4 Å². The van der Waals surface area contributed by atoms with E-state index in [0.29, 0.717) is 13.2 Å². The van der Waals surface area contributed by atoms with Crippen molar-refractivity contribution < 1.29 is 42.8 Å². The molecule has 0 amide bonds. The quantitative estimate of drug-likeness (QED) is 0.0443. The molecule has 0 radical (unpaired) electrons. The SMILES string of the molecule is Nc1ncnc2c1nc(Cl)n2[C@@H]1O[C@H](COP(=O)(ONCCOCc2ccccc2)ONCCOCc2ccccc2)[C@@H](O)[C@H]1O. The summed E-state index contributed by atoms with van der Waals surface area (Å²) in [6.07, 6.45) is -4.17. The van der Waals surface area contributed by atoms with Gasteiger partial charge in [0.15, 0.2) is 23.2 Å². The molecule has 2 aromatic carbocycles. The van der Waals surface area contributed by atoms with Crippen molar-refractivity contribution in [2.45, 2.75) is 37.8 Å². The summed E-state index contributed by atoms with van der Waals surface area (Å²) in [5.41, 5.74) is 13.3. The van der Waals surface area contributed by atoms with Gasteiger partial charge in [-0.3, -0.25) is 9.09 Å². The molecule has 46 heavy (non-hydrogen) atoms. The van der Waals surface area contributed by atoms with Gasteiger partial charge < -0.3 is 30.2 Å². The number of aromatic nitrogens is 4. The van der Waals surface area contributed by atoms with Crippen LogP contribution in [-0.2, 0) is 45.8 Å². The van der Waals surface area contributed by atoms with Crippen molar-refractivity contribution in [3.8, 4) is 0 Å². The summed E-state index contributed by atoms with van der Waals surface area (Å²) < 4.78 is 47.9. The van der Waals surface area contributed by atoms with Gasteiger partial charge in [0.25, 0.3) is 0 Å². The maximum absolute atomic E-state index is 13.5. The highest BCUT2D eigenvalue weighted by atomic mass is 35.5. The van der Waals surface area contributed by atoms with Crippen molar-refractivity contribution in [2.75, 3.05) is 38.6 Å². The largest absolute Gasteiger partial charge is 0.508 e. The number of aliphatic hydroxyl groups is 2. The van der Waals surface area contributed by atoms with E-state index in [1.807, 2.05) is 60.7 Å². The maximum Gasteiger partial charge on any atom is 0.508 e. The van der Waals surface area contributed by atoms with Gasteiger partial charge in [-0.2, -0.15) is 20.2 Å². The topological polar surface area (TPSA) is 207 Å². The molecular weight excluding hydrogens is 645 g/mol.